The van der Waals surface area contributed by atoms with Crippen molar-refractivity contribution in [2.45, 2.75) is 71.3 Å². The summed E-state index contributed by atoms with van der Waals surface area (Å²) in [7, 11) is 0. The standard InChI is InChI=1S/C17H29N3O/c1-16(2,3)13-11-14(19-15(18-13)17(4,5)6)20-9-7-12(21)8-10-20/h11-12,21H,7-10H2,1-6H3. The van der Waals surface area contributed by atoms with Crippen LogP contribution < -0.4 is 4.90 Å². The Kier molecular flexibility index (Phi) is 4.29. The van der Waals surface area contributed by atoms with E-state index in [4.69, 9.17) is 9.97 Å². The molecule has 1 aromatic heterocycles. The maximum Gasteiger partial charge on any atom is 0.136 e. The topological polar surface area (TPSA) is 49.2 Å². The number of rotatable bonds is 1. The van der Waals surface area contributed by atoms with Crippen LogP contribution >= 0.6 is 0 Å². The van der Waals surface area contributed by atoms with Crippen molar-refractivity contribution in [3.63, 3.8) is 0 Å². The SMILES string of the molecule is CC(C)(C)c1cc(N2CCC(O)CC2)nc(C(C)(C)C)n1. The van der Waals surface area contributed by atoms with E-state index in [1.807, 2.05) is 0 Å². The molecule has 0 spiro atoms. The Morgan fingerprint density at radius 2 is 1.57 bits per heavy atom. The van der Waals surface area contributed by atoms with Crippen molar-refractivity contribution >= 4 is 5.82 Å². The lowest BCUT2D eigenvalue weighted by Gasteiger charge is -2.32. The van der Waals surface area contributed by atoms with Crippen LogP contribution in [0, 0.1) is 0 Å². The smallest absolute Gasteiger partial charge is 0.136 e. The second-order valence-corrected chi connectivity index (χ2v) is 8.15. The fraction of sp³-hybridized carbons (Fsp3) is 0.765. The molecule has 4 heteroatoms. The van der Waals surface area contributed by atoms with Crippen molar-refractivity contribution in [2.24, 2.45) is 0 Å². The molecule has 0 radical (unpaired) electrons. The summed E-state index contributed by atoms with van der Waals surface area (Å²) in [6.45, 7) is 14.7. The van der Waals surface area contributed by atoms with Crippen molar-refractivity contribution in [1.82, 2.24) is 9.97 Å². The Morgan fingerprint density at radius 3 is 2.05 bits per heavy atom. The van der Waals surface area contributed by atoms with Crippen LogP contribution in [0.25, 0.3) is 0 Å². The summed E-state index contributed by atoms with van der Waals surface area (Å²) in [6.07, 6.45) is 1.48. The van der Waals surface area contributed by atoms with Gasteiger partial charge in [0.2, 0.25) is 0 Å². The largest absolute Gasteiger partial charge is 0.393 e. The lowest BCUT2D eigenvalue weighted by Crippen LogP contribution is -2.37. The molecule has 1 aliphatic heterocycles. The van der Waals surface area contributed by atoms with Gasteiger partial charge in [0.15, 0.2) is 0 Å². The number of aliphatic hydroxyl groups excluding tert-OH is 1. The molecule has 0 aromatic carbocycles. The van der Waals surface area contributed by atoms with Gasteiger partial charge in [-0.2, -0.15) is 0 Å². The molecule has 1 fully saturated rings. The molecule has 1 aliphatic rings. The van der Waals surface area contributed by atoms with E-state index >= 15 is 0 Å². The van der Waals surface area contributed by atoms with Crippen LogP contribution in [-0.2, 0) is 10.8 Å². The summed E-state index contributed by atoms with van der Waals surface area (Å²) in [5.74, 6) is 1.91. The average molecular weight is 291 g/mol. The zero-order valence-corrected chi connectivity index (χ0v) is 14.3. The van der Waals surface area contributed by atoms with Crippen LogP contribution in [0.2, 0.25) is 0 Å². The molecule has 0 atom stereocenters. The number of hydrogen-bond acceptors (Lipinski definition) is 4. The van der Waals surface area contributed by atoms with E-state index in [1.54, 1.807) is 0 Å². The fourth-order valence-electron chi connectivity index (χ4n) is 2.41. The van der Waals surface area contributed by atoms with Crippen molar-refractivity contribution in [2.75, 3.05) is 18.0 Å². The maximum atomic E-state index is 9.68. The average Bonchev–Trinajstić information content (AvgIpc) is 2.37. The Bertz CT molecular complexity index is 459. The number of aliphatic hydroxyl groups is 1. The quantitative estimate of drug-likeness (QED) is 0.864. The number of aromatic nitrogens is 2. The van der Waals surface area contributed by atoms with Crippen LogP contribution in [0.4, 0.5) is 5.82 Å². The number of anilines is 1. The molecular formula is C17H29N3O. The molecule has 0 unspecified atom stereocenters. The molecule has 1 aromatic rings. The van der Waals surface area contributed by atoms with Crippen LogP contribution in [0.5, 0.6) is 0 Å². The van der Waals surface area contributed by atoms with Gasteiger partial charge >= 0.3 is 0 Å². The normalized spacial score (nSPS) is 18.1. The van der Waals surface area contributed by atoms with Crippen molar-refractivity contribution in [3.8, 4) is 0 Å². The van der Waals surface area contributed by atoms with Crippen LogP contribution in [0.15, 0.2) is 6.07 Å². The molecule has 1 saturated heterocycles. The summed E-state index contributed by atoms with van der Waals surface area (Å²) in [6, 6.07) is 2.12. The van der Waals surface area contributed by atoms with Gasteiger partial charge < -0.3 is 10.0 Å². The lowest BCUT2D eigenvalue weighted by molar-refractivity contribution is 0.145. The fourth-order valence-corrected chi connectivity index (χ4v) is 2.41. The first kappa shape index (κ1) is 16.2. The molecule has 0 aliphatic carbocycles. The van der Waals surface area contributed by atoms with Crippen LogP contribution in [0.1, 0.15) is 65.9 Å². The summed E-state index contributed by atoms with van der Waals surface area (Å²) >= 11 is 0. The van der Waals surface area contributed by atoms with Crippen molar-refractivity contribution in [3.05, 3.63) is 17.6 Å². The maximum absolute atomic E-state index is 9.68. The molecule has 0 bridgehead atoms. The van der Waals surface area contributed by atoms with E-state index in [-0.39, 0.29) is 16.9 Å². The Labute approximate surface area is 128 Å². The van der Waals surface area contributed by atoms with Gasteiger partial charge in [-0.3, -0.25) is 0 Å². The predicted molar refractivity (Wildman–Crippen MR) is 86.9 cm³/mol. The van der Waals surface area contributed by atoms with Crippen molar-refractivity contribution < 1.29 is 5.11 Å². The molecule has 1 N–H and O–H groups in total. The highest BCUT2D eigenvalue weighted by molar-refractivity contribution is 5.42. The summed E-state index contributed by atoms with van der Waals surface area (Å²) in [4.78, 5) is 11.9. The van der Waals surface area contributed by atoms with E-state index in [2.05, 4.69) is 52.5 Å². The molecule has 118 valence electrons. The molecule has 2 rings (SSSR count). The van der Waals surface area contributed by atoms with Crippen LogP contribution in [0.3, 0.4) is 0 Å². The minimum atomic E-state index is -0.160. The van der Waals surface area contributed by atoms with E-state index < -0.39 is 0 Å². The number of piperidine rings is 1. The lowest BCUT2D eigenvalue weighted by atomic mass is 9.90. The molecule has 0 amide bonds. The van der Waals surface area contributed by atoms with Crippen molar-refractivity contribution in [1.29, 1.82) is 0 Å². The molecule has 21 heavy (non-hydrogen) atoms. The van der Waals surface area contributed by atoms with Gasteiger partial charge in [0.25, 0.3) is 0 Å². The van der Waals surface area contributed by atoms with Gasteiger partial charge in [-0.1, -0.05) is 41.5 Å². The van der Waals surface area contributed by atoms with Gasteiger partial charge in [-0.15, -0.1) is 0 Å². The summed E-state index contributed by atoms with van der Waals surface area (Å²) < 4.78 is 0. The second-order valence-electron chi connectivity index (χ2n) is 8.15. The van der Waals surface area contributed by atoms with E-state index in [9.17, 15) is 5.11 Å². The van der Waals surface area contributed by atoms with E-state index in [1.165, 1.54) is 0 Å². The van der Waals surface area contributed by atoms with Crippen LogP contribution in [-0.4, -0.2) is 34.3 Å². The molecule has 4 nitrogen and oxygen atoms in total. The highest BCUT2D eigenvalue weighted by atomic mass is 16.3. The minimum Gasteiger partial charge on any atom is -0.393 e. The number of nitrogens with zero attached hydrogens (tertiary/aromatic N) is 3. The second kappa shape index (κ2) is 5.56. The first-order valence-electron chi connectivity index (χ1n) is 7.90. The molecule has 2 heterocycles. The zero-order chi connectivity index (χ0) is 15.8. The van der Waals surface area contributed by atoms with Gasteiger partial charge in [-0.05, 0) is 12.8 Å². The van der Waals surface area contributed by atoms with E-state index in [0.717, 1.165) is 43.3 Å². The predicted octanol–water partition coefficient (Wildman–Crippen LogP) is 3.03. The van der Waals surface area contributed by atoms with Gasteiger partial charge in [-0.25, -0.2) is 9.97 Å². The van der Waals surface area contributed by atoms with Gasteiger partial charge in [0.05, 0.1) is 11.8 Å². The summed E-state index contributed by atoms with van der Waals surface area (Å²) in [5, 5.41) is 9.68. The molecular weight excluding hydrogens is 262 g/mol. The Morgan fingerprint density at radius 1 is 1.00 bits per heavy atom. The Hall–Kier alpha value is -1.16. The minimum absolute atomic E-state index is 0.00694. The first-order chi connectivity index (χ1) is 9.57. The monoisotopic (exact) mass is 291 g/mol. The van der Waals surface area contributed by atoms with Gasteiger partial charge in [0.1, 0.15) is 11.6 Å². The molecule has 0 saturated carbocycles. The Balaban J connectivity index is 2.41. The van der Waals surface area contributed by atoms with Gasteiger partial charge in [0, 0.05) is 30.0 Å². The third kappa shape index (κ3) is 3.94. The zero-order valence-electron chi connectivity index (χ0n) is 14.3. The van der Waals surface area contributed by atoms with E-state index in [0.29, 0.717) is 0 Å². The summed E-state index contributed by atoms with van der Waals surface area (Å²) in [5.41, 5.74) is 1.03. The highest BCUT2D eigenvalue weighted by Crippen LogP contribution is 2.29. The third-order valence-corrected chi connectivity index (χ3v) is 3.94. The highest BCUT2D eigenvalue weighted by Gasteiger charge is 2.26. The third-order valence-electron chi connectivity index (χ3n) is 3.94. The number of hydrogen-bond donors (Lipinski definition) is 1. The first-order valence-corrected chi connectivity index (χ1v) is 7.90.